The number of thiophene rings is 1. The third-order valence-electron chi connectivity index (χ3n) is 4.57. The van der Waals surface area contributed by atoms with Crippen molar-refractivity contribution >= 4 is 27.5 Å². The summed E-state index contributed by atoms with van der Waals surface area (Å²) in [5.74, 6) is 0.469. The summed E-state index contributed by atoms with van der Waals surface area (Å²) < 4.78 is 0. The van der Waals surface area contributed by atoms with Gasteiger partial charge >= 0.3 is 0 Å². The number of aromatic amines is 1. The molecular formula is C15H17N3O2S. The largest absolute Gasteiger partial charge is 0.349 e. The maximum absolute atomic E-state index is 12.3. The van der Waals surface area contributed by atoms with Gasteiger partial charge in [0.25, 0.3) is 11.5 Å². The standard InChI is InChI=1S/C15H17N3O2S/c19-13-11-9-5-2-6-10(9)21-15(11)18-12(17-13)14(20)16-7-8-3-1-4-8/h8H,1-7H2,(H,16,20)(H,17,18,19). The molecule has 0 spiro atoms. The molecular weight excluding hydrogens is 286 g/mol. The van der Waals surface area contributed by atoms with E-state index in [2.05, 4.69) is 15.3 Å². The molecule has 6 heteroatoms. The first-order chi connectivity index (χ1) is 10.2. The quantitative estimate of drug-likeness (QED) is 0.910. The number of carbonyl (C=O) groups excluding carboxylic acids is 1. The third-order valence-corrected chi connectivity index (χ3v) is 5.75. The van der Waals surface area contributed by atoms with Gasteiger partial charge in [0.1, 0.15) is 4.83 Å². The van der Waals surface area contributed by atoms with Crippen molar-refractivity contribution in [1.29, 1.82) is 0 Å². The van der Waals surface area contributed by atoms with Crippen LogP contribution in [0.2, 0.25) is 0 Å². The van der Waals surface area contributed by atoms with Crippen LogP contribution in [0.5, 0.6) is 0 Å². The number of nitrogens with zero attached hydrogens (tertiary/aromatic N) is 1. The fraction of sp³-hybridized carbons (Fsp3) is 0.533. The van der Waals surface area contributed by atoms with Crippen LogP contribution in [-0.2, 0) is 12.8 Å². The van der Waals surface area contributed by atoms with E-state index in [1.165, 1.54) is 24.1 Å². The zero-order valence-corrected chi connectivity index (χ0v) is 12.5. The van der Waals surface area contributed by atoms with Crippen molar-refractivity contribution < 1.29 is 4.79 Å². The maximum atomic E-state index is 12.3. The van der Waals surface area contributed by atoms with Gasteiger partial charge in [-0.2, -0.15) is 0 Å². The summed E-state index contributed by atoms with van der Waals surface area (Å²) >= 11 is 1.56. The molecule has 1 amide bonds. The van der Waals surface area contributed by atoms with Crippen LogP contribution in [0.4, 0.5) is 0 Å². The van der Waals surface area contributed by atoms with Crippen molar-refractivity contribution in [3.63, 3.8) is 0 Å². The Morgan fingerprint density at radius 2 is 2.19 bits per heavy atom. The van der Waals surface area contributed by atoms with Gasteiger partial charge in [0.15, 0.2) is 0 Å². The van der Waals surface area contributed by atoms with Gasteiger partial charge in [-0.25, -0.2) is 4.98 Å². The number of fused-ring (bicyclic) bond motifs is 3. The molecule has 0 bridgehead atoms. The Hall–Kier alpha value is -1.69. The third kappa shape index (κ3) is 2.18. The minimum atomic E-state index is -0.269. The Morgan fingerprint density at radius 1 is 1.33 bits per heavy atom. The highest BCUT2D eigenvalue weighted by Gasteiger charge is 2.23. The summed E-state index contributed by atoms with van der Waals surface area (Å²) in [7, 11) is 0. The number of hydrogen-bond donors (Lipinski definition) is 2. The van der Waals surface area contributed by atoms with E-state index in [9.17, 15) is 9.59 Å². The molecule has 2 heterocycles. The minimum absolute atomic E-state index is 0.145. The Labute approximate surface area is 125 Å². The summed E-state index contributed by atoms with van der Waals surface area (Å²) in [5.41, 5.74) is 0.971. The number of carbonyl (C=O) groups is 1. The maximum Gasteiger partial charge on any atom is 0.287 e. The van der Waals surface area contributed by atoms with Crippen LogP contribution in [0.25, 0.3) is 10.2 Å². The fourth-order valence-corrected chi connectivity index (χ4v) is 4.39. The monoisotopic (exact) mass is 303 g/mol. The molecule has 0 atom stereocenters. The molecule has 4 rings (SSSR count). The molecule has 0 unspecified atom stereocenters. The predicted molar refractivity (Wildman–Crippen MR) is 81.9 cm³/mol. The molecule has 5 nitrogen and oxygen atoms in total. The summed E-state index contributed by atoms with van der Waals surface area (Å²) in [4.78, 5) is 33.4. The fourth-order valence-electron chi connectivity index (χ4n) is 3.13. The molecule has 2 aliphatic carbocycles. The lowest BCUT2D eigenvalue weighted by Crippen LogP contribution is -2.34. The highest BCUT2D eigenvalue weighted by molar-refractivity contribution is 7.18. The van der Waals surface area contributed by atoms with Crippen LogP contribution in [0, 0.1) is 5.92 Å². The zero-order valence-electron chi connectivity index (χ0n) is 11.7. The molecule has 1 saturated carbocycles. The lowest BCUT2D eigenvalue weighted by Gasteiger charge is -2.25. The molecule has 0 radical (unpaired) electrons. The lowest BCUT2D eigenvalue weighted by atomic mass is 9.85. The normalized spacial score (nSPS) is 17.7. The van der Waals surface area contributed by atoms with Crippen LogP contribution in [-0.4, -0.2) is 22.4 Å². The Bertz CT molecular complexity index is 773. The first-order valence-corrected chi connectivity index (χ1v) is 8.37. The van der Waals surface area contributed by atoms with E-state index in [-0.39, 0.29) is 17.3 Å². The van der Waals surface area contributed by atoms with Crippen molar-refractivity contribution in [2.24, 2.45) is 5.92 Å². The first-order valence-electron chi connectivity index (χ1n) is 7.55. The van der Waals surface area contributed by atoms with Gasteiger partial charge in [-0.3, -0.25) is 9.59 Å². The van der Waals surface area contributed by atoms with Gasteiger partial charge < -0.3 is 10.3 Å². The van der Waals surface area contributed by atoms with Crippen LogP contribution in [0.1, 0.15) is 46.7 Å². The van der Waals surface area contributed by atoms with E-state index in [1.54, 1.807) is 11.3 Å². The topological polar surface area (TPSA) is 74.8 Å². The van der Waals surface area contributed by atoms with Gasteiger partial charge in [0.05, 0.1) is 5.39 Å². The summed E-state index contributed by atoms with van der Waals surface area (Å²) in [6.45, 7) is 0.682. The average molecular weight is 303 g/mol. The van der Waals surface area contributed by atoms with Crippen molar-refractivity contribution in [2.45, 2.75) is 38.5 Å². The van der Waals surface area contributed by atoms with Gasteiger partial charge in [0.2, 0.25) is 5.82 Å². The molecule has 0 aromatic carbocycles. The summed E-state index contributed by atoms with van der Waals surface area (Å²) in [6.07, 6.45) is 6.71. The minimum Gasteiger partial charge on any atom is -0.349 e. The second-order valence-corrected chi connectivity index (χ2v) is 7.04. The predicted octanol–water partition coefficient (Wildman–Crippen LogP) is 2.00. The molecule has 2 N–H and O–H groups in total. The van der Waals surface area contributed by atoms with Gasteiger partial charge in [-0.1, -0.05) is 6.42 Å². The number of aryl methyl sites for hydroxylation is 2. The van der Waals surface area contributed by atoms with E-state index in [4.69, 9.17) is 0 Å². The lowest BCUT2D eigenvalue weighted by molar-refractivity contribution is 0.0928. The van der Waals surface area contributed by atoms with Crippen LogP contribution in [0.3, 0.4) is 0 Å². The molecule has 2 aliphatic rings. The number of hydrogen-bond acceptors (Lipinski definition) is 4. The Morgan fingerprint density at radius 3 is 2.95 bits per heavy atom. The summed E-state index contributed by atoms with van der Waals surface area (Å²) in [6, 6.07) is 0. The van der Waals surface area contributed by atoms with Crippen LogP contribution in [0.15, 0.2) is 4.79 Å². The Kier molecular flexibility index (Phi) is 3.06. The molecule has 110 valence electrons. The van der Waals surface area contributed by atoms with Crippen molar-refractivity contribution in [2.75, 3.05) is 6.54 Å². The SMILES string of the molecule is O=C(NCC1CCC1)c1nc2sc3c(c2c(=O)[nH]1)CCC3. The number of nitrogens with one attached hydrogen (secondary N) is 2. The van der Waals surface area contributed by atoms with E-state index < -0.39 is 0 Å². The highest BCUT2D eigenvalue weighted by atomic mass is 32.1. The van der Waals surface area contributed by atoms with Gasteiger partial charge in [-0.15, -0.1) is 11.3 Å². The summed E-state index contributed by atoms with van der Waals surface area (Å²) in [5, 5.41) is 3.57. The number of H-pyrrole nitrogens is 1. The molecule has 0 saturated heterocycles. The van der Waals surface area contributed by atoms with E-state index in [0.717, 1.165) is 24.8 Å². The molecule has 2 aromatic rings. The van der Waals surface area contributed by atoms with Gasteiger partial charge in [0, 0.05) is 11.4 Å². The number of aromatic nitrogens is 2. The molecule has 2 aromatic heterocycles. The smallest absolute Gasteiger partial charge is 0.287 e. The van der Waals surface area contributed by atoms with Crippen LogP contribution < -0.4 is 10.9 Å². The van der Waals surface area contributed by atoms with E-state index >= 15 is 0 Å². The zero-order chi connectivity index (χ0) is 14.4. The Balaban J connectivity index is 1.63. The van der Waals surface area contributed by atoms with E-state index in [0.29, 0.717) is 22.7 Å². The van der Waals surface area contributed by atoms with Gasteiger partial charge in [-0.05, 0) is 43.6 Å². The average Bonchev–Trinajstić information content (AvgIpc) is 2.96. The molecule has 1 fully saturated rings. The first kappa shape index (κ1) is 13.0. The van der Waals surface area contributed by atoms with Crippen molar-refractivity contribution in [3.05, 3.63) is 26.6 Å². The second kappa shape index (κ2) is 4.94. The number of rotatable bonds is 3. The highest BCUT2D eigenvalue weighted by Crippen LogP contribution is 2.34. The van der Waals surface area contributed by atoms with Crippen LogP contribution >= 0.6 is 11.3 Å². The number of amides is 1. The molecule has 0 aliphatic heterocycles. The van der Waals surface area contributed by atoms with Crippen molar-refractivity contribution in [1.82, 2.24) is 15.3 Å². The van der Waals surface area contributed by atoms with Crippen molar-refractivity contribution in [3.8, 4) is 0 Å². The van der Waals surface area contributed by atoms with E-state index in [1.807, 2.05) is 0 Å². The molecule has 21 heavy (non-hydrogen) atoms. The second-order valence-electron chi connectivity index (χ2n) is 5.96.